The van der Waals surface area contributed by atoms with E-state index in [1.807, 2.05) is 44.2 Å². The summed E-state index contributed by atoms with van der Waals surface area (Å²) >= 11 is 0. The summed E-state index contributed by atoms with van der Waals surface area (Å²) in [6, 6.07) is 14.2. The molecular weight excluding hydrogens is 298 g/mol. The minimum absolute atomic E-state index is 0.322. The first-order valence-corrected chi connectivity index (χ1v) is 8.27. The first kappa shape index (κ1) is 16.5. The Balaban J connectivity index is 1.93. The number of benzene rings is 2. The van der Waals surface area contributed by atoms with Crippen molar-refractivity contribution in [2.45, 2.75) is 46.4 Å². The molecule has 0 fully saturated rings. The fourth-order valence-electron chi connectivity index (χ4n) is 2.84. The molecule has 126 valence electrons. The van der Waals surface area contributed by atoms with Gasteiger partial charge in [-0.2, -0.15) is 0 Å². The van der Waals surface area contributed by atoms with E-state index in [1.165, 1.54) is 11.1 Å². The molecule has 0 saturated heterocycles. The van der Waals surface area contributed by atoms with E-state index >= 15 is 0 Å². The van der Waals surface area contributed by atoms with E-state index in [0.29, 0.717) is 13.2 Å². The first-order chi connectivity index (χ1) is 11.3. The van der Waals surface area contributed by atoms with Crippen LogP contribution in [-0.2, 0) is 13.2 Å². The van der Waals surface area contributed by atoms with E-state index in [-0.39, 0.29) is 5.54 Å². The Bertz CT molecular complexity index is 859. The zero-order chi connectivity index (χ0) is 17.3. The third kappa shape index (κ3) is 3.44. The van der Waals surface area contributed by atoms with Gasteiger partial charge in [0.1, 0.15) is 18.2 Å². The lowest BCUT2D eigenvalue weighted by molar-refractivity contribution is 0.283. The molecule has 3 rings (SSSR count). The van der Waals surface area contributed by atoms with Crippen molar-refractivity contribution in [2.24, 2.45) is 5.73 Å². The van der Waals surface area contributed by atoms with Crippen molar-refractivity contribution in [3.05, 3.63) is 59.4 Å². The van der Waals surface area contributed by atoms with Gasteiger partial charge in [0.05, 0.1) is 11.0 Å². The maximum Gasteiger partial charge on any atom is 0.148 e. The van der Waals surface area contributed by atoms with Crippen LogP contribution in [0, 0.1) is 13.8 Å². The molecule has 3 aromatic rings. The van der Waals surface area contributed by atoms with Crippen LogP contribution in [0.1, 0.15) is 30.8 Å². The molecule has 0 aliphatic rings. The molecule has 4 heteroatoms. The minimum Gasteiger partial charge on any atom is -0.485 e. The zero-order valence-electron chi connectivity index (χ0n) is 14.8. The standard InChI is InChI=1S/C20H25N3O/c1-14-8-7-11-18(15(14)2)24-12-19-22-16-9-5-6-10-17(16)23(19)13-20(3,4)21/h5-11H,12-13,21H2,1-4H3. The highest BCUT2D eigenvalue weighted by Crippen LogP contribution is 2.23. The topological polar surface area (TPSA) is 53.1 Å². The highest BCUT2D eigenvalue weighted by Gasteiger charge is 2.18. The van der Waals surface area contributed by atoms with Gasteiger partial charge < -0.3 is 15.0 Å². The molecule has 2 N–H and O–H groups in total. The highest BCUT2D eigenvalue weighted by molar-refractivity contribution is 5.75. The van der Waals surface area contributed by atoms with E-state index in [1.54, 1.807) is 0 Å². The Morgan fingerprint density at radius 3 is 2.58 bits per heavy atom. The molecule has 1 aromatic heterocycles. The van der Waals surface area contributed by atoms with Gasteiger partial charge in [-0.15, -0.1) is 0 Å². The Hall–Kier alpha value is -2.33. The normalized spacial score (nSPS) is 11.9. The molecule has 24 heavy (non-hydrogen) atoms. The summed E-state index contributed by atoms with van der Waals surface area (Å²) < 4.78 is 8.23. The molecule has 0 aliphatic carbocycles. The second kappa shape index (κ2) is 6.29. The Morgan fingerprint density at radius 2 is 1.83 bits per heavy atom. The third-order valence-corrected chi connectivity index (χ3v) is 4.21. The van der Waals surface area contributed by atoms with Crippen LogP contribution in [0.3, 0.4) is 0 Å². The SMILES string of the molecule is Cc1cccc(OCc2nc3ccccc3n2CC(C)(C)N)c1C. The first-order valence-electron chi connectivity index (χ1n) is 8.27. The van der Waals surface area contributed by atoms with Gasteiger partial charge in [0.15, 0.2) is 0 Å². The minimum atomic E-state index is -0.322. The molecular formula is C20H25N3O. The number of aryl methyl sites for hydroxylation is 1. The molecule has 2 aromatic carbocycles. The lowest BCUT2D eigenvalue weighted by Gasteiger charge is -2.21. The molecule has 0 bridgehead atoms. The number of nitrogens with zero attached hydrogens (tertiary/aromatic N) is 2. The fraction of sp³-hybridized carbons (Fsp3) is 0.350. The number of fused-ring (bicyclic) bond motifs is 1. The number of hydrogen-bond donors (Lipinski definition) is 1. The van der Waals surface area contributed by atoms with Crippen molar-refractivity contribution in [1.29, 1.82) is 0 Å². The van der Waals surface area contributed by atoms with Crippen molar-refractivity contribution in [3.8, 4) is 5.75 Å². The van der Waals surface area contributed by atoms with Crippen molar-refractivity contribution in [1.82, 2.24) is 9.55 Å². The van der Waals surface area contributed by atoms with Gasteiger partial charge >= 0.3 is 0 Å². The van der Waals surface area contributed by atoms with E-state index in [0.717, 1.165) is 22.6 Å². The van der Waals surface area contributed by atoms with Crippen LogP contribution in [0.15, 0.2) is 42.5 Å². The zero-order valence-corrected chi connectivity index (χ0v) is 14.8. The maximum absolute atomic E-state index is 6.25. The van der Waals surface area contributed by atoms with Gasteiger partial charge in [0.25, 0.3) is 0 Å². The Labute approximate surface area is 143 Å². The van der Waals surface area contributed by atoms with Gasteiger partial charge in [-0.25, -0.2) is 4.98 Å². The number of ether oxygens (including phenoxy) is 1. The maximum atomic E-state index is 6.25. The summed E-state index contributed by atoms with van der Waals surface area (Å²) in [5, 5.41) is 0. The van der Waals surface area contributed by atoms with Gasteiger partial charge in [0, 0.05) is 12.1 Å². The number of rotatable bonds is 5. The summed E-state index contributed by atoms with van der Waals surface area (Å²) in [6.07, 6.45) is 0. The predicted octanol–water partition coefficient (Wildman–Crippen LogP) is 3.97. The Morgan fingerprint density at radius 1 is 1.08 bits per heavy atom. The van der Waals surface area contributed by atoms with Gasteiger partial charge in [-0.1, -0.05) is 24.3 Å². The molecule has 0 radical (unpaired) electrons. The number of aromatic nitrogens is 2. The molecule has 0 unspecified atom stereocenters. The van der Waals surface area contributed by atoms with Crippen LogP contribution < -0.4 is 10.5 Å². The van der Waals surface area contributed by atoms with Crippen molar-refractivity contribution in [2.75, 3.05) is 0 Å². The van der Waals surface area contributed by atoms with Crippen LogP contribution in [-0.4, -0.2) is 15.1 Å². The lowest BCUT2D eigenvalue weighted by Crippen LogP contribution is -2.37. The average molecular weight is 323 g/mol. The summed E-state index contributed by atoms with van der Waals surface area (Å²) in [6.45, 7) is 9.34. The summed E-state index contributed by atoms with van der Waals surface area (Å²) in [5.74, 6) is 1.80. The van der Waals surface area contributed by atoms with Crippen LogP contribution in [0.2, 0.25) is 0 Å². The Kier molecular flexibility index (Phi) is 4.33. The van der Waals surface area contributed by atoms with Gasteiger partial charge in [-0.3, -0.25) is 0 Å². The molecule has 0 atom stereocenters. The predicted molar refractivity (Wildman–Crippen MR) is 98.2 cm³/mol. The number of para-hydroxylation sites is 2. The summed E-state index contributed by atoms with van der Waals surface area (Å²) in [4.78, 5) is 4.75. The molecule has 0 spiro atoms. The second-order valence-electron chi connectivity index (χ2n) is 7.08. The molecule has 1 heterocycles. The van der Waals surface area contributed by atoms with E-state index in [9.17, 15) is 0 Å². The van der Waals surface area contributed by atoms with E-state index in [4.69, 9.17) is 15.5 Å². The smallest absolute Gasteiger partial charge is 0.148 e. The monoisotopic (exact) mass is 323 g/mol. The van der Waals surface area contributed by atoms with Gasteiger partial charge in [-0.05, 0) is 57.0 Å². The third-order valence-electron chi connectivity index (χ3n) is 4.21. The highest BCUT2D eigenvalue weighted by atomic mass is 16.5. The molecule has 0 saturated carbocycles. The van der Waals surface area contributed by atoms with Crippen LogP contribution >= 0.6 is 0 Å². The second-order valence-corrected chi connectivity index (χ2v) is 7.08. The quantitative estimate of drug-likeness (QED) is 0.773. The fourth-order valence-corrected chi connectivity index (χ4v) is 2.84. The number of imidazole rings is 1. The number of hydrogen-bond acceptors (Lipinski definition) is 3. The molecule has 0 aliphatic heterocycles. The number of nitrogens with two attached hydrogens (primary N) is 1. The average Bonchev–Trinajstić information content (AvgIpc) is 2.85. The largest absolute Gasteiger partial charge is 0.485 e. The van der Waals surface area contributed by atoms with Crippen molar-refractivity contribution < 1.29 is 4.74 Å². The molecule has 0 amide bonds. The lowest BCUT2D eigenvalue weighted by atomic mass is 10.1. The van der Waals surface area contributed by atoms with Crippen LogP contribution in [0.4, 0.5) is 0 Å². The summed E-state index contributed by atoms with van der Waals surface area (Å²) in [5.41, 5.74) is 10.4. The van der Waals surface area contributed by atoms with E-state index in [2.05, 4.69) is 30.5 Å². The van der Waals surface area contributed by atoms with Crippen molar-refractivity contribution >= 4 is 11.0 Å². The van der Waals surface area contributed by atoms with E-state index < -0.39 is 0 Å². The van der Waals surface area contributed by atoms with Crippen LogP contribution in [0.5, 0.6) is 5.75 Å². The summed E-state index contributed by atoms with van der Waals surface area (Å²) in [7, 11) is 0. The van der Waals surface area contributed by atoms with Crippen molar-refractivity contribution in [3.63, 3.8) is 0 Å². The van der Waals surface area contributed by atoms with Gasteiger partial charge in [0.2, 0.25) is 0 Å². The van der Waals surface area contributed by atoms with Crippen LogP contribution in [0.25, 0.3) is 11.0 Å². The molecule has 4 nitrogen and oxygen atoms in total.